The van der Waals surface area contributed by atoms with Gasteiger partial charge in [0, 0.05) is 15.1 Å². The summed E-state index contributed by atoms with van der Waals surface area (Å²) in [7, 11) is -0.613. The van der Waals surface area contributed by atoms with Crippen molar-refractivity contribution in [2.75, 3.05) is 0 Å². The average molecular weight is 394 g/mol. The van der Waals surface area contributed by atoms with Crippen LogP contribution >= 0.6 is 19.3 Å². The molecule has 0 fully saturated rings. The van der Waals surface area contributed by atoms with Gasteiger partial charge in [-0.05, 0) is 41.4 Å². The van der Waals surface area contributed by atoms with Crippen LogP contribution in [-0.4, -0.2) is 0 Å². The van der Waals surface area contributed by atoms with Crippen LogP contribution in [0.15, 0.2) is 115 Å². The van der Waals surface area contributed by atoms with Crippen molar-refractivity contribution in [3.05, 3.63) is 115 Å². The smallest absolute Gasteiger partial charge is 0.0361 e. The highest BCUT2D eigenvalue weighted by Crippen LogP contribution is 2.40. The van der Waals surface area contributed by atoms with Gasteiger partial charge in [0.2, 0.25) is 0 Å². The number of thiophene rings is 1. The van der Waals surface area contributed by atoms with Crippen molar-refractivity contribution in [1.29, 1.82) is 0 Å². The van der Waals surface area contributed by atoms with Crippen LogP contribution in [-0.2, 0) is 0 Å². The van der Waals surface area contributed by atoms with Gasteiger partial charge in [0.25, 0.3) is 0 Å². The van der Waals surface area contributed by atoms with E-state index < -0.39 is 7.92 Å². The minimum atomic E-state index is -0.613. The molecule has 1 aromatic heterocycles. The number of rotatable bonds is 4. The van der Waals surface area contributed by atoms with Gasteiger partial charge in [-0.2, -0.15) is 0 Å². The predicted molar refractivity (Wildman–Crippen MR) is 126 cm³/mol. The maximum atomic E-state index is 2.34. The summed E-state index contributed by atoms with van der Waals surface area (Å²) in [5.74, 6) is 0. The fourth-order valence-electron chi connectivity index (χ4n) is 3.57. The van der Waals surface area contributed by atoms with E-state index in [1.807, 2.05) is 11.3 Å². The van der Waals surface area contributed by atoms with Gasteiger partial charge < -0.3 is 0 Å². The predicted octanol–water partition coefficient (Wildman–Crippen LogP) is 6.33. The van der Waals surface area contributed by atoms with Gasteiger partial charge in [0.1, 0.15) is 0 Å². The fourth-order valence-corrected chi connectivity index (χ4v) is 7.22. The van der Waals surface area contributed by atoms with Crippen molar-refractivity contribution in [2.45, 2.75) is 0 Å². The maximum Gasteiger partial charge on any atom is 0.0361 e. The molecule has 0 aliphatic heterocycles. The Morgan fingerprint density at radius 3 is 1.79 bits per heavy atom. The van der Waals surface area contributed by atoms with Crippen molar-refractivity contribution in [3.8, 4) is 10.4 Å². The molecule has 0 radical (unpaired) electrons. The Hall–Kier alpha value is -2.73. The zero-order valence-corrected chi connectivity index (χ0v) is 17.0. The van der Waals surface area contributed by atoms with Crippen LogP contribution in [0.2, 0.25) is 0 Å². The Morgan fingerprint density at radius 2 is 1.11 bits per heavy atom. The van der Waals surface area contributed by atoms with Gasteiger partial charge in [-0.15, -0.1) is 11.3 Å². The highest BCUT2D eigenvalue weighted by Gasteiger charge is 2.20. The second-order valence-corrected chi connectivity index (χ2v) is 9.94. The van der Waals surface area contributed by atoms with E-state index in [2.05, 4.69) is 115 Å². The van der Waals surface area contributed by atoms with Crippen LogP contribution < -0.4 is 15.9 Å². The van der Waals surface area contributed by atoms with Gasteiger partial charge in [0.05, 0.1) is 0 Å². The molecule has 1 heterocycles. The van der Waals surface area contributed by atoms with Crippen molar-refractivity contribution in [3.63, 3.8) is 0 Å². The summed E-state index contributed by atoms with van der Waals surface area (Å²) in [4.78, 5) is 1.34. The lowest BCUT2D eigenvalue weighted by atomic mass is 10.1. The molecule has 0 unspecified atom stereocenters. The summed E-state index contributed by atoms with van der Waals surface area (Å²) >= 11 is 1.88. The maximum absolute atomic E-state index is 2.34. The van der Waals surface area contributed by atoms with Crippen molar-refractivity contribution in [2.24, 2.45) is 0 Å². The number of fused-ring (bicyclic) bond motifs is 1. The highest BCUT2D eigenvalue weighted by molar-refractivity contribution is 7.80. The van der Waals surface area contributed by atoms with E-state index in [1.165, 1.54) is 36.4 Å². The average Bonchev–Trinajstić information content (AvgIpc) is 3.20. The SMILES string of the molecule is c1ccc(P(c2ccccc2)c2ccccc2-c2cc3ccccc3s2)cc1. The molecule has 0 saturated carbocycles. The lowest BCUT2D eigenvalue weighted by Crippen LogP contribution is -2.21. The molecule has 2 heteroatoms. The van der Waals surface area contributed by atoms with Crippen LogP contribution in [0.4, 0.5) is 0 Å². The molecule has 5 aromatic rings. The molecule has 5 rings (SSSR count). The van der Waals surface area contributed by atoms with Crippen molar-refractivity contribution >= 4 is 45.3 Å². The summed E-state index contributed by atoms with van der Waals surface area (Å²) in [6.45, 7) is 0. The third-order valence-corrected chi connectivity index (χ3v) is 8.51. The normalized spacial score (nSPS) is 11.2. The molecule has 0 bridgehead atoms. The Balaban J connectivity index is 1.72. The molecule has 0 aliphatic rings. The molecule has 0 N–H and O–H groups in total. The molecule has 0 aliphatic carbocycles. The van der Waals surface area contributed by atoms with Gasteiger partial charge in [-0.25, -0.2) is 0 Å². The van der Waals surface area contributed by atoms with Crippen LogP contribution in [0.5, 0.6) is 0 Å². The quantitative estimate of drug-likeness (QED) is 0.313. The molecular formula is C26H19PS. The van der Waals surface area contributed by atoms with Gasteiger partial charge >= 0.3 is 0 Å². The number of benzene rings is 4. The van der Waals surface area contributed by atoms with Crippen LogP contribution in [0.3, 0.4) is 0 Å². The minimum Gasteiger partial charge on any atom is -0.135 e. The molecule has 134 valence electrons. The lowest BCUT2D eigenvalue weighted by Gasteiger charge is -2.22. The van der Waals surface area contributed by atoms with Gasteiger partial charge in [-0.3, -0.25) is 0 Å². The second-order valence-electron chi connectivity index (χ2n) is 6.67. The third kappa shape index (κ3) is 3.29. The second kappa shape index (κ2) is 7.72. The Morgan fingerprint density at radius 1 is 0.536 bits per heavy atom. The zero-order chi connectivity index (χ0) is 18.8. The minimum absolute atomic E-state index is 0.613. The highest BCUT2D eigenvalue weighted by atomic mass is 32.1. The van der Waals surface area contributed by atoms with E-state index in [9.17, 15) is 0 Å². The van der Waals surface area contributed by atoms with E-state index in [-0.39, 0.29) is 0 Å². The molecule has 0 saturated heterocycles. The summed E-state index contributed by atoms with van der Waals surface area (Å²) in [6.07, 6.45) is 0. The first-order valence-electron chi connectivity index (χ1n) is 9.38. The molecule has 0 spiro atoms. The topological polar surface area (TPSA) is 0 Å². The first kappa shape index (κ1) is 17.4. The molecular weight excluding hydrogens is 375 g/mol. The number of hydrogen-bond donors (Lipinski definition) is 0. The molecule has 0 atom stereocenters. The summed E-state index contributed by atoms with van der Waals surface area (Å²) in [5.41, 5.74) is 1.35. The van der Waals surface area contributed by atoms with Gasteiger partial charge in [-0.1, -0.05) is 103 Å². The van der Waals surface area contributed by atoms with E-state index in [0.29, 0.717) is 0 Å². The third-order valence-electron chi connectivity index (χ3n) is 4.86. The first-order valence-corrected chi connectivity index (χ1v) is 11.5. The summed E-state index contributed by atoms with van der Waals surface area (Å²) in [6, 6.07) is 41.8. The largest absolute Gasteiger partial charge is 0.135 e. The first-order chi connectivity index (χ1) is 13.9. The zero-order valence-electron chi connectivity index (χ0n) is 15.3. The van der Waals surface area contributed by atoms with Crippen LogP contribution in [0.25, 0.3) is 20.5 Å². The van der Waals surface area contributed by atoms with Crippen molar-refractivity contribution < 1.29 is 0 Å². The molecule has 28 heavy (non-hydrogen) atoms. The number of hydrogen-bond acceptors (Lipinski definition) is 1. The van der Waals surface area contributed by atoms with Crippen LogP contribution in [0, 0.1) is 0 Å². The standard InChI is InChI=1S/C26H19PS/c1-3-12-21(13-4-1)27(22-14-5-2-6-15-22)24-17-9-8-16-23(24)26-19-20-11-7-10-18-25(20)28-26/h1-19H. The Kier molecular flexibility index (Phi) is 4.79. The monoisotopic (exact) mass is 394 g/mol. The Labute approximate surface area is 170 Å². The molecule has 0 amide bonds. The van der Waals surface area contributed by atoms with E-state index in [1.54, 1.807) is 0 Å². The molecule has 0 nitrogen and oxygen atoms in total. The fraction of sp³-hybridized carbons (Fsp3) is 0. The molecule has 4 aromatic carbocycles. The van der Waals surface area contributed by atoms with Gasteiger partial charge in [0.15, 0.2) is 0 Å². The summed E-state index contributed by atoms with van der Waals surface area (Å²) < 4.78 is 1.34. The van der Waals surface area contributed by atoms with Crippen molar-refractivity contribution in [1.82, 2.24) is 0 Å². The van der Waals surface area contributed by atoms with Crippen LogP contribution in [0.1, 0.15) is 0 Å². The van der Waals surface area contributed by atoms with E-state index in [4.69, 9.17) is 0 Å². The van der Waals surface area contributed by atoms with E-state index >= 15 is 0 Å². The van der Waals surface area contributed by atoms with E-state index in [0.717, 1.165) is 0 Å². The summed E-state index contributed by atoms with van der Waals surface area (Å²) in [5, 5.41) is 5.51. The lowest BCUT2D eigenvalue weighted by molar-refractivity contribution is 1.73. The Bertz CT molecular complexity index is 1140.